The summed E-state index contributed by atoms with van der Waals surface area (Å²) >= 11 is 0. The number of amides is 1. The predicted molar refractivity (Wildman–Crippen MR) is 130 cm³/mol. The highest BCUT2D eigenvalue weighted by molar-refractivity contribution is 14.0. The third-order valence-corrected chi connectivity index (χ3v) is 4.03. The van der Waals surface area contributed by atoms with E-state index in [-0.39, 0.29) is 29.9 Å². The second-order valence-corrected chi connectivity index (χ2v) is 6.23. The summed E-state index contributed by atoms with van der Waals surface area (Å²) in [6.07, 6.45) is 2.22. The lowest BCUT2D eigenvalue weighted by Crippen LogP contribution is -2.31. The van der Waals surface area contributed by atoms with Crippen LogP contribution in [0.1, 0.15) is 36.4 Å². The van der Waals surface area contributed by atoms with Crippen LogP contribution in [0.4, 0.5) is 5.69 Å². The molecule has 0 saturated heterocycles. The van der Waals surface area contributed by atoms with E-state index in [9.17, 15) is 4.79 Å². The number of halogens is 1. The Morgan fingerprint density at radius 3 is 2.60 bits per heavy atom. The van der Waals surface area contributed by atoms with Crippen molar-refractivity contribution in [3.8, 4) is 11.5 Å². The van der Waals surface area contributed by atoms with E-state index in [0.29, 0.717) is 49.3 Å². The van der Waals surface area contributed by atoms with Gasteiger partial charge >= 0.3 is 0 Å². The number of guanidine groups is 1. The lowest BCUT2D eigenvalue weighted by atomic mass is 10.2. The Kier molecular flexibility index (Phi) is 11.7. The number of nitrogens with one attached hydrogen (secondary N) is 3. The number of hydrogen-bond acceptors (Lipinski definition) is 5. The fourth-order valence-electron chi connectivity index (χ4n) is 2.62. The summed E-state index contributed by atoms with van der Waals surface area (Å²) in [4.78, 5) is 16.6. The number of benzene rings is 1. The Morgan fingerprint density at radius 2 is 1.97 bits per heavy atom. The molecule has 0 aliphatic carbocycles. The van der Waals surface area contributed by atoms with Crippen LogP contribution in [0, 0.1) is 6.92 Å². The fraction of sp³-hybridized carbons (Fsp3) is 0.429. The molecule has 0 spiro atoms. The zero-order valence-electron chi connectivity index (χ0n) is 17.9. The molecule has 0 bridgehead atoms. The molecule has 30 heavy (non-hydrogen) atoms. The average molecular weight is 530 g/mol. The summed E-state index contributed by atoms with van der Waals surface area (Å²) in [5, 5.41) is 9.30. The molecule has 3 N–H and O–H groups in total. The van der Waals surface area contributed by atoms with Crippen molar-refractivity contribution in [3.05, 3.63) is 41.9 Å². The molecular formula is C21H31IN4O4. The SMILES string of the molecule is CCNC(=NCCCNC(=O)c1occc1C)Nc1ccc(OCC)c(OC)c1.I. The number of aliphatic imine (C=N–C) groups is 1. The molecule has 9 heteroatoms. The molecule has 0 fully saturated rings. The van der Waals surface area contributed by atoms with Gasteiger partial charge in [-0.3, -0.25) is 9.79 Å². The lowest BCUT2D eigenvalue weighted by Gasteiger charge is -2.14. The normalized spacial score (nSPS) is 10.7. The molecule has 0 aliphatic rings. The minimum atomic E-state index is -0.206. The molecule has 0 aliphatic heterocycles. The summed E-state index contributed by atoms with van der Waals surface area (Å²) < 4.78 is 16.1. The Balaban J connectivity index is 0.00000450. The van der Waals surface area contributed by atoms with Crippen molar-refractivity contribution in [2.75, 3.05) is 38.7 Å². The van der Waals surface area contributed by atoms with Gasteiger partial charge in [-0.05, 0) is 45.4 Å². The van der Waals surface area contributed by atoms with E-state index in [1.807, 2.05) is 39.0 Å². The van der Waals surface area contributed by atoms with Gasteiger partial charge in [0.2, 0.25) is 0 Å². The van der Waals surface area contributed by atoms with Gasteiger partial charge in [0.1, 0.15) is 0 Å². The Morgan fingerprint density at radius 1 is 1.17 bits per heavy atom. The van der Waals surface area contributed by atoms with Gasteiger partial charge in [0.25, 0.3) is 5.91 Å². The molecule has 2 rings (SSSR count). The average Bonchev–Trinajstić information content (AvgIpc) is 3.15. The van der Waals surface area contributed by atoms with E-state index >= 15 is 0 Å². The summed E-state index contributed by atoms with van der Waals surface area (Å²) in [6, 6.07) is 7.40. The minimum Gasteiger partial charge on any atom is -0.493 e. The van der Waals surface area contributed by atoms with Gasteiger partial charge in [0.15, 0.2) is 23.2 Å². The first-order valence-corrected chi connectivity index (χ1v) is 9.77. The highest BCUT2D eigenvalue weighted by Crippen LogP contribution is 2.30. The number of carbonyl (C=O) groups excluding carboxylic acids is 1. The largest absolute Gasteiger partial charge is 0.493 e. The number of rotatable bonds is 10. The number of hydrogen-bond donors (Lipinski definition) is 3. The van der Waals surface area contributed by atoms with Crippen LogP contribution in [0.5, 0.6) is 11.5 Å². The van der Waals surface area contributed by atoms with Gasteiger partial charge in [0.05, 0.1) is 20.0 Å². The number of methoxy groups -OCH3 is 1. The third-order valence-electron chi connectivity index (χ3n) is 4.03. The molecule has 0 unspecified atom stereocenters. The minimum absolute atomic E-state index is 0. The van der Waals surface area contributed by atoms with Crippen molar-refractivity contribution >= 4 is 41.5 Å². The van der Waals surface area contributed by atoms with Crippen LogP contribution in [0.3, 0.4) is 0 Å². The molecule has 166 valence electrons. The second-order valence-electron chi connectivity index (χ2n) is 6.23. The smallest absolute Gasteiger partial charge is 0.287 e. The Bertz CT molecular complexity index is 823. The summed E-state index contributed by atoms with van der Waals surface area (Å²) in [5.74, 6) is 2.16. The van der Waals surface area contributed by atoms with E-state index < -0.39 is 0 Å². The van der Waals surface area contributed by atoms with Crippen molar-refractivity contribution < 1.29 is 18.7 Å². The molecule has 0 saturated carbocycles. The van der Waals surface area contributed by atoms with Crippen molar-refractivity contribution in [3.63, 3.8) is 0 Å². The highest BCUT2D eigenvalue weighted by Gasteiger charge is 2.11. The van der Waals surface area contributed by atoms with Crippen molar-refractivity contribution in [1.29, 1.82) is 0 Å². The van der Waals surface area contributed by atoms with E-state index in [2.05, 4.69) is 20.9 Å². The maximum atomic E-state index is 12.0. The molecule has 0 radical (unpaired) electrons. The highest BCUT2D eigenvalue weighted by atomic mass is 127. The first-order chi connectivity index (χ1) is 14.1. The molecule has 2 aromatic rings. The second kappa shape index (κ2) is 13.7. The topological polar surface area (TPSA) is 97.1 Å². The Hall–Kier alpha value is -2.43. The molecule has 1 heterocycles. The molecule has 0 atom stereocenters. The molecular weight excluding hydrogens is 499 g/mol. The van der Waals surface area contributed by atoms with Crippen molar-refractivity contribution in [2.45, 2.75) is 27.2 Å². The van der Waals surface area contributed by atoms with Crippen LogP contribution >= 0.6 is 24.0 Å². The number of aryl methyl sites for hydroxylation is 1. The number of nitrogens with zero attached hydrogens (tertiary/aromatic N) is 1. The summed E-state index contributed by atoms with van der Waals surface area (Å²) in [5.41, 5.74) is 1.66. The van der Waals surface area contributed by atoms with Crippen LogP contribution in [-0.4, -0.2) is 45.2 Å². The maximum absolute atomic E-state index is 12.0. The first-order valence-electron chi connectivity index (χ1n) is 9.77. The van der Waals surface area contributed by atoms with Gasteiger partial charge in [-0.1, -0.05) is 0 Å². The summed E-state index contributed by atoms with van der Waals surface area (Å²) in [7, 11) is 1.61. The zero-order valence-corrected chi connectivity index (χ0v) is 20.2. The van der Waals surface area contributed by atoms with Crippen LogP contribution < -0.4 is 25.4 Å². The zero-order chi connectivity index (χ0) is 21.1. The Labute approximate surface area is 194 Å². The van der Waals surface area contributed by atoms with Gasteiger partial charge in [-0.15, -0.1) is 24.0 Å². The predicted octanol–water partition coefficient (Wildman–Crippen LogP) is 3.81. The number of furan rings is 1. The van der Waals surface area contributed by atoms with E-state index in [0.717, 1.165) is 17.8 Å². The quantitative estimate of drug-likeness (QED) is 0.187. The van der Waals surface area contributed by atoms with Gasteiger partial charge in [-0.25, -0.2) is 0 Å². The van der Waals surface area contributed by atoms with E-state index in [1.165, 1.54) is 6.26 Å². The molecule has 1 aromatic heterocycles. The third kappa shape index (κ3) is 7.77. The van der Waals surface area contributed by atoms with Crippen LogP contribution in [-0.2, 0) is 0 Å². The monoisotopic (exact) mass is 530 g/mol. The number of ether oxygens (including phenoxy) is 2. The van der Waals surface area contributed by atoms with Crippen LogP contribution in [0.25, 0.3) is 0 Å². The lowest BCUT2D eigenvalue weighted by molar-refractivity contribution is 0.0925. The van der Waals surface area contributed by atoms with E-state index in [1.54, 1.807) is 13.2 Å². The first kappa shape index (κ1) is 25.6. The summed E-state index contributed by atoms with van der Waals surface area (Å²) in [6.45, 7) is 8.14. The van der Waals surface area contributed by atoms with Crippen LogP contribution in [0.2, 0.25) is 0 Å². The molecule has 1 aromatic carbocycles. The van der Waals surface area contributed by atoms with E-state index in [4.69, 9.17) is 13.9 Å². The molecule has 8 nitrogen and oxygen atoms in total. The van der Waals surface area contributed by atoms with Crippen molar-refractivity contribution in [1.82, 2.24) is 10.6 Å². The van der Waals surface area contributed by atoms with Gasteiger partial charge < -0.3 is 29.8 Å². The maximum Gasteiger partial charge on any atom is 0.287 e. The van der Waals surface area contributed by atoms with Crippen LogP contribution in [0.15, 0.2) is 39.9 Å². The van der Waals surface area contributed by atoms with Gasteiger partial charge in [0, 0.05) is 37.0 Å². The van der Waals surface area contributed by atoms with Gasteiger partial charge in [-0.2, -0.15) is 0 Å². The fourth-order valence-corrected chi connectivity index (χ4v) is 2.62. The van der Waals surface area contributed by atoms with Crippen molar-refractivity contribution in [2.24, 2.45) is 4.99 Å². The standard InChI is InChI=1S/C21H30N4O4.HI/c1-5-22-21(25-16-8-9-17(28-6-2)18(14-16)27-4)24-12-7-11-23-20(26)19-15(3)10-13-29-19;/h8-10,13-14H,5-7,11-12H2,1-4H3,(H,23,26)(H2,22,24,25);1H. The number of anilines is 1. The number of carbonyl (C=O) groups is 1. The molecule has 1 amide bonds.